The molecular weight excluding hydrogens is 393 g/mol. The Morgan fingerprint density at radius 2 is 1.90 bits per heavy atom. The van der Waals surface area contributed by atoms with Crippen LogP contribution in [0.25, 0.3) is 33.2 Å². The molecular formula is C23H20F3N2O2+. The minimum Gasteiger partial charge on any atom is -0.465 e. The summed E-state index contributed by atoms with van der Waals surface area (Å²) < 4.78 is 46.5. The first-order valence-electron chi connectivity index (χ1n) is 9.48. The van der Waals surface area contributed by atoms with Crippen LogP contribution in [0.4, 0.5) is 13.2 Å². The van der Waals surface area contributed by atoms with E-state index < -0.39 is 17.7 Å². The Labute approximate surface area is 170 Å². The van der Waals surface area contributed by atoms with E-state index in [-0.39, 0.29) is 5.56 Å². The lowest BCUT2D eigenvalue weighted by molar-refractivity contribution is -0.632. The monoisotopic (exact) mass is 413 g/mol. The molecule has 4 aromatic rings. The highest BCUT2D eigenvalue weighted by atomic mass is 19.4. The average molecular weight is 413 g/mol. The van der Waals surface area contributed by atoms with Crippen LogP contribution in [0.15, 0.2) is 48.5 Å². The number of carbonyl (C=O) groups is 1. The Morgan fingerprint density at radius 3 is 2.57 bits per heavy atom. The summed E-state index contributed by atoms with van der Waals surface area (Å²) in [5, 5.41) is 0.878. The zero-order chi connectivity index (χ0) is 21.6. The van der Waals surface area contributed by atoms with Crippen LogP contribution in [0.5, 0.6) is 0 Å². The molecule has 154 valence electrons. The quantitative estimate of drug-likeness (QED) is 0.372. The van der Waals surface area contributed by atoms with Crippen molar-refractivity contribution in [2.45, 2.75) is 19.5 Å². The molecule has 0 saturated carbocycles. The number of fused-ring (bicyclic) bond motifs is 3. The summed E-state index contributed by atoms with van der Waals surface area (Å²) in [6, 6.07) is 12.6. The molecule has 30 heavy (non-hydrogen) atoms. The normalized spacial score (nSPS) is 11.9. The van der Waals surface area contributed by atoms with Crippen LogP contribution >= 0.6 is 0 Å². The van der Waals surface area contributed by atoms with Crippen molar-refractivity contribution in [1.29, 1.82) is 0 Å². The number of ether oxygens (including phenoxy) is 1. The van der Waals surface area contributed by atoms with Crippen molar-refractivity contribution >= 4 is 27.9 Å². The number of aromatic amines is 1. The maximum atomic E-state index is 13.2. The van der Waals surface area contributed by atoms with Gasteiger partial charge in [-0.25, -0.2) is 4.79 Å². The van der Waals surface area contributed by atoms with Gasteiger partial charge in [0, 0.05) is 11.6 Å². The zero-order valence-electron chi connectivity index (χ0n) is 16.7. The van der Waals surface area contributed by atoms with E-state index in [1.54, 1.807) is 19.2 Å². The highest BCUT2D eigenvalue weighted by Crippen LogP contribution is 2.33. The molecule has 0 unspecified atom stereocenters. The molecule has 4 rings (SSSR count). The Bertz CT molecular complexity index is 1290. The lowest BCUT2D eigenvalue weighted by Crippen LogP contribution is -2.33. The van der Waals surface area contributed by atoms with Gasteiger partial charge >= 0.3 is 12.1 Å². The lowest BCUT2D eigenvalue weighted by Gasteiger charge is -2.09. The second-order valence-electron chi connectivity index (χ2n) is 7.15. The molecule has 0 saturated heterocycles. The van der Waals surface area contributed by atoms with Gasteiger partial charge in [0.15, 0.2) is 0 Å². The van der Waals surface area contributed by atoms with Gasteiger partial charge in [-0.1, -0.05) is 19.1 Å². The molecule has 0 aliphatic carbocycles. The number of hydrogen-bond acceptors (Lipinski definition) is 2. The number of alkyl halides is 3. The first-order valence-corrected chi connectivity index (χ1v) is 9.48. The van der Waals surface area contributed by atoms with Crippen molar-refractivity contribution < 1.29 is 27.3 Å². The van der Waals surface area contributed by atoms with Crippen LogP contribution in [-0.4, -0.2) is 18.1 Å². The smallest absolute Gasteiger partial charge is 0.416 e. The van der Waals surface area contributed by atoms with E-state index in [0.717, 1.165) is 40.5 Å². The summed E-state index contributed by atoms with van der Waals surface area (Å²) >= 11 is 0. The van der Waals surface area contributed by atoms with Gasteiger partial charge in [0.05, 0.1) is 29.1 Å². The molecule has 2 heterocycles. The van der Waals surface area contributed by atoms with Gasteiger partial charge in [-0.2, -0.15) is 17.7 Å². The van der Waals surface area contributed by atoms with Crippen molar-refractivity contribution in [2.24, 2.45) is 7.05 Å². The zero-order valence-corrected chi connectivity index (χ0v) is 16.7. The first-order chi connectivity index (χ1) is 14.2. The second kappa shape index (κ2) is 7.16. The van der Waals surface area contributed by atoms with Crippen molar-refractivity contribution in [3.63, 3.8) is 0 Å². The molecule has 0 aliphatic heterocycles. The largest absolute Gasteiger partial charge is 0.465 e. The number of methoxy groups -OCH3 is 1. The maximum Gasteiger partial charge on any atom is 0.416 e. The number of nitrogens with one attached hydrogen (secondary N) is 1. The van der Waals surface area contributed by atoms with Gasteiger partial charge in [-0.15, -0.1) is 0 Å². The molecule has 4 nitrogen and oxygen atoms in total. The van der Waals surface area contributed by atoms with Crippen LogP contribution in [0.3, 0.4) is 0 Å². The summed E-state index contributed by atoms with van der Waals surface area (Å²) in [4.78, 5) is 15.8. The van der Waals surface area contributed by atoms with E-state index in [0.29, 0.717) is 16.8 Å². The molecule has 0 amide bonds. The molecule has 0 bridgehead atoms. The molecule has 7 heteroatoms. The lowest BCUT2D eigenvalue weighted by atomic mass is 10.0. The van der Waals surface area contributed by atoms with Crippen LogP contribution in [0.2, 0.25) is 0 Å². The van der Waals surface area contributed by atoms with E-state index in [1.165, 1.54) is 13.2 Å². The molecule has 1 N–H and O–H groups in total. The molecule has 0 radical (unpaired) electrons. The fourth-order valence-corrected chi connectivity index (χ4v) is 3.82. The Balaban J connectivity index is 2.07. The van der Waals surface area contributed by atoms with Crippen LogP contribution in [0.1, 0.15) is 28.4 Å². The molecule has 0 spiro atoms. The molecule has 0 atom stereocenters. The predicted molar refractivity (Wildman–Crippen MR) is 108 cm³/mol. The maximum absolute atomic E-state index is 13.2. The Morgan fingerprint density at radius 1 is 1.13 bits per heavy atom. The van der Waals surface area contributed by atoms with E-state index >= 15 is 0 Å². The van der Waals surface area contributed by atoms with E-state index in [9.17, 15) is 18.0 Å². The fourth-order valence-electron chi connectivity index (χ4n) is 3.82. The van der Waals surface area contributed by atoms with Crippen molar-refractivity contribution in [1.82, 2.24) is 4.98 Å². The van der Waals surface area contributed by atoms with Crippen molar-refractivity contribution in [3.8, 4) is 11.3 Å². The number of aromatic nitrogens is 2. The average Bonchev–Trinajstić information content (AvgIpc) is 3.12. The number of carbonyl (C=O) groups excluding carboxylic acids is 1. The summed E-state index contributed by atoms with van der Waals surface area (Å²) in [7, 11) is 3.06. The number of esters is 1. The molecule has 0 aliphatic rings. The fraction of sp³-hybridized carbons (Fsp3) is 0.217. The number of benzene rings is 2. The van der Waals surface area contributed by atoms with Gasteiger partial charge in [0.25, 0.3) is 0 Å². The predicted octanol–water partition coefficient (Wildman–Crippen LogP) is 5.18. The number of halogens is 3. The highest BCUT2D eigenvalue weighted by molar-refractivity contribution is 6.11. The number of rotatable bonds is 3. The number of aryl methyl sites for hydroxylation is 2. The van der Waals surface area contributed by atoms with Crippen molar-refractivity contribution in [2.75, 3.05) is 7.11 Å². The van der Waals surface area contributed by atoms with Gasteiger partial charge in [0.2, 0.25) is 11.2 Å². The summed E-state index contributed by atoms with van der Waals surface area (Å²) in [5.41, 5.74) is 3.67. The number of H-pyrrole nitrogens is 1. The standard InChI is InChI=1S/C23H19F3N2O2/c1-4-13-8-9-16-18(10-13)27-20-17(22(29)30-3)12-19(28(2)21(16)20)14-6-5-7-15(11-14)23(24,25)26/h5-12H,4H2,1-3H3/p+1. The third-order valence-corrected chi connectivity index (χ3v) is 5.38. The number of nitrogens with zero attached hydrogens (tertiary/aromatic N) is 1. The van der Waals surface area contributed by atoms with E-state index in [4.69, 9.17) is 4.74 Å². The van der Waals surface area contributed by atoms with Gasteiger partial charge in [-0.3, -0.25) is 0 Å². The Hall–Kier alpha value is -3.35. The minimum atomic E-state index is -4.46. The first kappa shape index (κ1) is 19.9. The third-order valence-electron chi connectivity index (χ3n) is 5.38. The van der Waals surface area contributed by atoms with Gasteiger partial charge < -0.3 is 9.72 Å². The molecule has 0 fully saturated rings. The van der Waals surface area contributed by atoms with E-state index in [1.807, 2.05) is 22.8 Å². The van der Waals surface area contributed by atoms with Crippen LogP contribution in [0, 0.1) is 0 Å². The molecule has 2 aromatic heterocycles. The van der Waals surface area contributed by atoms with Gasteiger partial charge in [0.1, 0.15) is 12.6 Å². The number of hydrogen-bond donors (Lipinski definition) is 1. The summed E-state index contributed by atoms with van der Waals surface area (Å²) in [5.74, 6) is -0.559. The highest BCUT2D eigenvalue weighted by Gasteiger charge is 2.32. The topological polar surface area (TPSA) is 46.0 Å². The molecule has 2 aromatic carbocycles. The van der Waals surface area contributed by atoms with Crippen LogP contribution in [-0.2, 0) is 24.4 Å². The second-order valence-corrected chi connectivity index (χ2v) is 7.15. The Kier molecular flexibility index (Phi) is 4.76. The van der Waals surface area contributed by atoms with E-state index in [2.05, 4.69) is 11.9 Å². The van der Waals surface area contributed by atoms with Crippen molar-refractivity contribution in [3.05, 3.63) is 65.2 Å². The number of pyridine rings is 1. The summed E-state index contributed by atoms with van der Waals surface area (Å²) in [6.07, 6.45) is -3.60. The third kappa shape index (κ3) is 3.20. The van der Waals surface area contributed by atoms with Gasteiger partial charge in [-0.05, 0) is 42.3 Å². The van der Waals surface area contributed by atoms with Crippen LogP contribution < -0.4 is 4.57 Å². The summed E-state index contributed by atoms with van der Waals surface area (Å²) in [6.45, 7) is 2.05. The SMILES string of the molecule is CCc1ccc2c(c1)[nH]c1c(C(=O)OC)cc(-c3cccc(C(F)(F)F)c3)[n+](C)c12. The minimum absolute atomic E-state index is 0.271.